The van der Waals surface area contributed by atoms with E-state index in [4.69, 9.17) is 46.0 Å². The molecule has 20 nitrogen and oxygen atoms in total. The summed E-state index contributed by atoms with van der Waals surface area (Å²) in [6.07, 6.45) is -21.6. The number of hydrogen-bond acceptors (Lipinski definition) is 17. The first-order chi connectivity index (χ1) is 31.4. The van der Waals surface area contributed by atoms with Gasteiger partial charge in [0.15, 0.2) is 27.3 Å². The molecular formula is C41H54F3N3O17S2Si. The van der Waals surface area contributed by atoms with Crippen molar-refractivity contribution in [3.8, 4) is 11.5 Å². The van der Waals surface area contributed by atoms with Crippen LogP contribution < -0.4 is 9.47 Å². The second-order valence-corrected chi connectivity index (χ2v) is 23.9. The Kier molecular flexibility index (Phi) is 18.6. The highest BCUT2D eigenvalue weighted by Crippen LogP contribution is 2.40. The molecule has 0 spiro atoms. The van der Waals surface area contributed by atoms with Gasteiger partial charge in [-0.05, 0) is 59.1 Å². The minimum absolute atomic E-state index is 0.0450. The van der Waals surface area contributed by atoms with Crippen LogP contribution in [0.1, 0.15) is 31.9 Å². The van der Waals surface area contributed by atoms with E-state index in [0.717, 1.165) is 0 Å². The van der Waals surface area contributed by atoms with Gasteiger partial charge in [0.05, 0.1) is 39.6 Å². The Morgan fingerprint density at radius 3 is 1.90 bits per heavy atom. The van der Waals surface area contributed by atoms with Crippen LogP contribution >= 0.6 is 0 Å². The summed E-state index contributed by atoms with van der Waals surface area (Å²) in [5.41, 5.74) is 10.9. The average molecular weight is 1010 g/mol. The maximum Gasteiger partial charge on any atom is 0.413 e. The lowest BCUT2D eigenvalue weighted by Crippen LogP contribution is -2.66. The van der Waals surface area contributed by atoms with Gasteiger partial charge in [-0.2, -0.15) is 30.0 Å². The Morgan fingerprint density at radius 2 is 1.34 bits per heavy atom. The van der Waals surface area contributed by atoms with Gasteiger partial charge in [0, 0.05) is 4.91 Å². The van der Waals surface area contributed by atoms with Gasteiger partial charge < -0.3 is 42.7 Å². The van der Waals surface area contributed by atoms with Crippen molar-refractivity contribution in [2.24, 2.45) is 5.11 Å². The van der Waals surface area contributed by atoms with Crippen molar-refractivity contribution in [3.05, 3.63) is 106 Å². The zero-order valence-electron chi connectivity index (χ0n) is 37.2. The minimum Gasteiger partial charge on any atom is -0.497 e. The lowest BCUT2D eigenvalue weighted by Gasteiger charge is -2.49. The van der Waals surface area contributed by atoms with E-state index < -0.39 is 115 Å². The van der Waals surface area contributed by atoms with Crippen LogP contribution in [-0.4, -0.2) is 129 Å². The largest absolute Gasteiger partial charge is 0.497 e. The maximum atomic E-state index is 13.4. The lowest BCUT2D eigenvalue weighted by atomic mass is 9.95. The molecule has 0 unspecified atom stereocenters. The third-order valence-corrected chi connectivity index (χ3v) is 16.8. The van der Waals surface area contributed by atoms with Gasteiger partial charge in [0.25, 0.3) is 0 Å². The molecular weight excluding hydrogens is 956 g/mol. The van der Waals surface area contributed by atoms with Crippen LogP contribution in [0.15, 0.2) is 90.0 Å². The van der Waals surface area contributed by atoms with E-state index in [-0.39, 0.29) is 25.6 Å². The van der Waals surface area contributed by atoms with Crippen LogP contribution in [0.5, 0.6) is 11.5 Å². The summed E-state index contributed by atoms with van der Waals surface area (Å²) in [6, 6.07) is 21.1. The SMILES string of the molecule is COc1ccc(O[C@@H]2O[C@H](CO[Si](C)(C)C(C)(C)C)[C@@H](O[C@@H]3O[C@H](COCc4ccccc4)[C@H](OS(=O)(=O)O)[C@H](O)[C@H]3N=[N+]=[N-])[C@H](OCc3ccccc3)[C@H]2OS(=O)(=O)OCC(F)(F)F)cc1. The van der Waals surface area contributed by atoms with E-state index in [1.54, 1.807) is 60.7 Å². The second-order valence-electron chi connectivity index (χ2n) is 16.8. The quantitative estimate of drug-likeness (QED) is 0.0375. The Labute approximate surface area is 387 Å². The van der Waals surface area contributed by atoms with E-state index in [2.05, 4.69) is 14.2 Å². The predicted molar refractivity (Wildman–Crippen MR) is 231 cm³/mol. The van der Waals surface area contributed by atoms with Crippen LogP contribution in [0.25, 0.3) is 10.4 Å². The molecule has 0 amide bonds. The van der Waals surface area contributed by atoms with E-state index in [0.29, 0.717) is 16.9 Å². The van der Waals surface area contributed by atoms with Gasteiger partial charge in [-0.25, -0.2) is 12.5 Å². The topological polar surface area (TPSA) is 259 Å². The fourth-order valence-corrected chi connectivity index (χ4v) is 8.88. The number of hydrogen-bond donors (Lipinski definition) is 2. The molecule has 3 aromatic carbocycles. The Balaban J connectivity index is 1.64. The van der Waals surface area contributed by atoms with Gasteiger partial charge in [-0.1, -0.05) is 86.5 Å². The van der Waals surface area contributed by atoms with Crippen LogP contribution in [0, 0.1) is 0 Å². The summed E-state index contributed by atoms with van der Waals surface area (Å²) in [4.78, 5) is 2.78. The van der Waals surface area contributed by atoms with Crippen molar-refractivity contribution < 1.29 is 89.8 Å². The van der Waals surface area contributed by atoms with Gasteiger partial charge in [-0.3, -0.25) is 4.55 Å². The van der Waals surface area contributed by atoms with Gasteiger partial charge in [0.1, 0.15) is 48.1 Å². The fourth-order valence-electron chi connectivity index (χ4n) is 6.55. The first-order valence-corrected chi connectivity index (χ1v) is 26.2. The number of methoxy groups -OCH3 is 1. The smallest absolute Gasteiger partial charge is 0.413 e. The molecule has 2 saturated heterocycles. The Hall–Kier alpha value is -3.96. The molecule has 0 aromatic heterocycles. The van der Waals surface area contributed by atoms with Crippen LogP contribution in [0.3, 0.4) is 0 Å². The summed E-state index contributed by atoms with van der Waals surface area (Å²) >= 11 is 0. The summed E-state index contributed by atoms with van der Waals surface area (Å²) in [5, 5.41) is 14.9. The maximum absolute atomic E-state index is 13.4. The lowest BCUT2D eigenvalue weighted by molar-refractivity contribution is -0.337. The normalized spacial score (nSPS) is 26.4. The molecule has 3 aromatic rings. The fraction of sp³-hybridized carbons (Fsp3) is 0.561. The van der Waals surface area contributed by atoms with Crippen molar-refractivity contribution in [2.45, 2.75) is 120 Å². The van der Waals surface area contributed by atoms with Crippen molar-refractivity contribution in [2.75, 3.05) is 26.9 Å². The number of nitrogens with zero attached hydrogens (tertiary/aromatic N) is 3. The molecule has 0 bridgehead atoms. The highest BCUT2D eigenvalue weighted by molar-refractivity contribution is 7.81. The molecule has 67 heavy (non-hydrogen) atoms. The molecule has 2 aliphatic rings. The molecule has 2 N–H and O–H groups in total. The number of halogens is 3. The number of benzene rings is 3. The molecule has 0 saturated carbocycles. The molecule has 0 radical (unpaired) electrons. The summed E-state index contributed by atoms with van der Waals surface area (Å²) in [5.74, 6) is 0.451. The number of alkyl halides is 3. The molecule has 10 atom stereocenters. The van der Waals surface area contributed by atoms with Gasteiger partial charge in [-0.15, -0.1) is 0 Å². The highest BCUT2D eigenvalue weighted by atomic mass is 32.3. The molecule has 2 aliphatic heterocycles. The standard InChI is InChI=1S/C41H54F3N3O17S2Si/c1-40(2,3)67(5,6)58-24-31-35(62-38-32(46-47-45)33(48)34(63-65(49,50)51)30(60-38)23-55-21-26-13-9-7-10-14-26)36(56-22-27-15-11-8-12-16-27)37(64-66(52,53)57-25-41(42,43)44)39(61-31)59-29-19-17-28(54-4)18-20-29/h7-20,30-39,48H,21-25H2,1-6H3,(H,49,50,51)/t30-,31-,32-,33-,34+,35-,36+,37-,38+,39-/m1/s1. The van der Waals surface area contributed by atoms with Crippen LogP contribution in [-0.2, 0) is 74.7 Å². The van der Waals surface area contributed by atoms with E-state index >= 15 is 0 Å². The average Bonchev–Trinajstić information content (AvgIpc) is 3.25. The molecule has 2 heterocycles. The number of aliphatic hydroxyl groups is 1. The zero-order chi connectivity index (χ0) is 49.2. The van der Waals surface area contributed by atoms with Crippen LogP contribution in [0.4, 0.5) is 13.2 Å². The molecule has 0 aliphatic carbocycles. The van der Waals surface area contributed by atoms with Crippen molar-refractivity contribution >= 4 is 29.1 Å². The highest BCUT2D eigenvalue weighted by Gasteiger charge is 2.56. The second kappa shape index (κ2) is 23.1. The number of rotatable bonds is 22. The van der Waals surface area contributed by atoms with Crippen molar-refractivity contribution in [1.29, 1.82) is 0 Å². The summed E-state index contributed by atoms with van der Waals surface area (Å²) in [7, 11) is -12.2. The first-order valence-electron chi connectivity index (χ1n) is 20.6. The Morgan fingerprint density at radius 1 is 0.776 bits per heavy atom. The predicted octanol–water partition coefficient (Wildman–Crippen LogP) is 6.17. The van der Waals surface area contributed by atoms with E-state index in [1.807, 2.05) is 33.9 Å². The van der Waals surface area contributed by atoms with Gasteiger partial charge >= 0.3 is 27.0 Å². The number of azide groups is 1. The number of aliphatic hydroxyl groups excluding tert-OH is 1. The van der Waals surface area contributed by atoms with Crippen LogP contribution in [0.2, 0.25) is 18.1 Å². The van der Waals surface area contributed by atoms with Crippen molar-refractivity contribution in [3.63, 3.8) is 0 Å². The monoisotopic (exact) mass is 1010 g/mol. The third-order valence-electron chi connectivity index (χ3n) is 10.9. The molecule has 26 heteroatoms. The minimum atomic E-state index is -5.60. The third kappa shape index (κ3) is 16.0. The van der Waals surface area contributed by atoms with Gasteiger partial charge in [0.2, 0.25) is 6.29 Å². The molecule has 372 valence electrons. The van der Waals surface area contributed by atoms with Crippen molar-refractivity contribution in [1.82, 2.24) is 0 Å². The zero-order valence-corrected chi connectivity index (χ0v) is 39.8. The Bertz CT molecular complexity index is 2300. The first kappa shape index (κ1) is 54.0. The number of ether oxygens (including phenoxy) is 7. The summed E-state index contributed by atoms with van der Waals surface area (Å²) in [6.45, 7) is 6.19. The summed E-state index contributed by atoms with van der Waals surface area (Å²) < 4.78 is 165. The molecule has 2 fully saturated rings. The molecule has 5 rings (SSSR count). The van der Waals surface area contributed by atoms with E-state index in [1.165, 1.54) is 31.4 Å². The van der Waals surface area contributed by atoms with E-state index in [9.17, 15) is 45.2 Å².